The molecule has 8 heteroatoms. The summed E-state index contributed by atoms with van der Waals surface area (Å²) in [5, 5.41) is 4.45. The normalized spacial score (nSPS) is 10.7. The minimum Gasteiger partial charge on any atom is -0.360 e. The zero-order valence-electron chi connectivity index (χ0n) is 13.6. The van der Waals surface area contributed by atoms with Crippen molar-refractivity contribution in [2.45, 2.75) is 31.6 Å². The van der Waals surface area contributed by atoms with E-state index in [9.17, 15) is 9.59 Å². The maximum atomic E-state index is 12.2. The molecule has 0 aliphatic rings. The summed E-state index contributed by atoms with van der Waals surface area (Å²) in [5.74, 6) is -0.0784. The lowest BCUT2D eigenvalue weighted by atomic mass is 10.1. The highest BCUT2D eigenvalue weighted by molar-refractivity contribution is 8.00. The van der Waals surface area contributed by atoms with E-state index >= 15 is 0 Å². The van der Waals surface area contributed by atoms with Crippen molar-refractivity contribution >= 4 is 35.2 Å². The van der Waals surface area contributed by atoms with Crippen molar-refractivity contribution in [1.29, 1.82) is 0 Å². The molecule has 0 aliphatic carbocycles. The Balaban J connectivity index is 1.86. The van der Waals surface area contributed by atoms with E-state index in [0.717, 1.165) is 4.90 Å². The third-order valence-electron chi connectivity index (χ3n) is 3.14. The topological polar surface area (TPSA) is 84.2 Å². The van der Waals surface area contributed by atoms with Gasteiger partial charge in [-0.3, -0.25) is 20.4 Å². The summed E-state index contributed by atoms with van der Waals surface area (Å²) in [6.45, 7) is 5.48. The van der Waals surface area contributed by atoms with Crippen LogP contribution in [0.2, 0.25) is 5.02 Å². The fourth-order valence-electron chi connectivity index (χ4n) is 1.96. The molecule has 128 valence electrons. The number of nitrogens with one attached hydrogen (secondary N) is 2. The monoisotopic (exact) mass is 367 g/mol. The molecule has 24 heavy (non-hydrogen) atoms. The van der Waals surface area contributed by atoms with Gasteiger partial charge in [-0.2, -0.15) is 0 Å². The first-order valence-electron chi connectivity index (χ1n) is 7.32. The second kappa shape index (κ2) is 8.21. The van der Waals surface area contributed by atoms with Crippen LogP contribution in [0.5, 0.6) is 0 Å². The molecular formula is C16H18ClN3O3S. The number of nitrogens with zero attached hydrogens (tertiary/aromatic N) is 1. The van der Waals surface area contributed by atoms with Gasteiger partial charge in [0.05, 0.1) is 11.4 Å². The Hall–Kier alpha value is -1.99. The second-order valence-electron chi connectivity index (χ2n) is 5.41. The molecule has 0 fully saturated rings. The van der Waals surface area contributed by atoms with Crippen LogP contribution in [0.25, 0.3) is 0 Å². The van der Waals surface area contributed by atoms with Gasteiger partial charge in [-0.05, 0) is 31.2 Å². The van der Waals surface area contributed by atoms with E-state index in [2.05, 4.69) is 16.0 Å². The molecule has 1 aromatic heterocycles. The van der Waals surface area contributed by atoms with Crippen LogP contribution in [0, 0.1) is 6.92 Å². The summed E-state index contributed by atoms with van der Waals surface area (Å²) in [6, 6.07) is 7.17. The van der Waals surface area contributed by atoms with E-state index in [1.54, 1.807) is 19.1 Å². The standard InChI is InChI=1S/C16H18ClN3O3S/c1-9(2)15-14(10(3)20-23-15)16(22)19-18-13(21)8-24-12-6-4-11(17)5-7-12/h4-7,9H,8H2,1-3H3,(H,18,21)(H,19,22). The van der Waals surface area contributed by atoms with E-state index in [1.807, 2.05) is 26.0 Å². The molecule has 1 aromatic carbocycles. The third-order valence-corrected chi connectivity index (χ3v) is 4.40. The number of amides is 2. The van der Waals surface area contributed by atoms with Crippen LogP contribution in [-0.2, 0) is 4.79 Å². The number of carbonyl (C=O) groups excluding carboxylic acids is 2. The lowest BCUT2D eigenvalue weighted by Gasteiger charge is -2.08. The average molecular weight is 368 g/mol. The van der Waals surface area contributed by atoms with Gasteiger partial charge >= 0.3 is 0 Å². The molecule has 2 rings (SSSR count). The van der Waals surface area contributed by atoms with Gasteiger partial charge in [0.25, 0.3) is 5.91 Å². The molecule has 0 saturated carbocycles. The van der Waals surface area contributed by atoms with Crippen molar-refractivity contribution in [3.63, 3.8) is 0 Å². The molecule has 0 unspecified atom stereocenters. The number of benzene rings is 1. The summed E-state index contributed by atoms with van der Waals surface area (Å²) in [5.41, 5.74) is 5.63. The number of hydrogen-bond acceptors (Lipinski definition) is 5. The van der Waals surface area contributed by atoms with E-state index in [-0.39, 0.29) is 17.6 Å². The molecule has 0 radical (unpaired) electrons. The van der Waals surface area contributed by atoms with Gasteiger partial charge in [0.1, 0.15) is 5.56 Å². The zero-order chi connectivity index (χ0) is 17.7. The Kier molecular flexibility index (Phi) is 6.28. The van der Waals surface area contributed by atoms with Crippen molar-refractivity contribution in [2.75, 3.05) is 5.75 Å². The Morgan fingerprint density at radius 3 is 2.54 bits per heavy atom. The molecule has 0 spiro atoms. The first-order chi connectivity index (χ1) is 11.4. The van der Waals surface area contributed by atoms with Crippen molar-refractivity contribution in [3.8, 4) is 0 Å². The van der Waals surface area contributed by atoms with E-state index in [1.165, 1.54) is 11.8 Å². The Labute approximate surface area is 149 Å². The summed E-state index contributed by atoms with van der Waals surface area (Å²) in [4.78, 5) is 25.0. The first kappa shape index (κ1) is 18.4. The van der Waals surface area contributed by atoms with Crippen LogP contribution in [0.1, 0.15) is 41.6 Å². The van der Waals surface area contributed by atoms with E-state index < -0.39 is 5.91 Å². The molecule has 0 bridgehead atoms. The molecule has 2 amide bonds. The van der Waals surface area contributed by atoms with Gasteiger partial charge in [0, 0.05) is 15.8 Å². The smallest absolute Gasteiger partial charge is 0.275 e. The minimum atomic E-state index is -0.442. The maximum absolute atomic E-state index is 12.2. The number of halogens is 1. The van der Waals surface area contributed by atoms with Gasteiger partial charge in [-0.15, -0.1) is 11.8 Å². The van der Waals surface area contributed by atoms with Gasteiger partial charge < -0.3 is 4.52 Å². The van der Waals surface area contributed by atoms with Gasteiger partial charge in [-0.1, -0.05) is 30.6 Å². The summed E-state index contributed by atoms with van der Waals surface area (Å²) in [6.07, 6.45) is 0. The highest BCUT2D eigenvalue weighted by atomic mass is 35.5. The fourth-order valence-corrected chi connectivity index (χ4v) is 2.79. The number of aromatic nitrogens is 1. The Morgan fingerprint density at radius 1 is 1.25 bits per heavy atom. The lowest BCUT2D eigenvalue weighted by molar-refractivity contribution is -0.119. The third kappa shape index (κ3) is 4.75. The number of rotatable bonds is 5. The van der Waals surface area contributed by atoms with Crippen LogP contribution in [-0.4, -0.2) is 22.7 Å². The SMILES string of the molecule is Cc1noc(C(C)C)c1C(=O)NNC(=O)CSc1ccc(Cl)cc1. The van der Waals surface area contributed by atoms with Crippen molar-refractivity contribution in [2.24, 2.45) is 0 Å². The largest absolute Gasteiger partial charge is 0.360 e. The number of thioether (sulfide) groups is 1. The highest BCUT2D eigenvalue weighted by Crippen LogP contribution is 2.22. The van der Waals surface area contributed by atoms with Gasteiger partial charge in [-0.25, -0.2) is 0 Å². The van der Waals surface area contributed by atoms with E-state index in [0.29, 0.717) is 22.0 Å². The van der Waals surface area contributed by atoms with Gasteiger partial charge in [0.15, 0.2) is 5.76 Å². The molecule has 2 N–H and O–H groups in total. The van der Waals surface area contributed by atoms with Crippen LogP contribution >= 0.6 is 23.4 Å². The predicted octanol–water partition coefficient (Wildman–Crippen LogP) is 3.31. The number of aryl methyl sites for hydroxylation is 1. The van der Waals surface area contributed by atoms with Crippen molar-refractivity contribution in [1.82, 2.24) is 16.0 Å². The van der Waals surface area contributed by atoms with Gasteiger partial charge in [0.2, 0.25) is 5.91 Å². The Bertz CT molecular complexity index is 729. The molecule has 2 aromatic rings. The predicted molar refractivity (Wildman–Crippen MR) is 93.1 cm³/mol. The molecule has 0 atom stereocenters. The maximum Gasteiger partial charge on any atom is 0.275 e. The zero-order valence-corrected chi connectivity index (χ0v) is 15.1. The van der Waals surface area contributed by atoms with Crippen LogP contribution in [0.4, 0.5) is 0 Å². The number of carbonyl (C=O) groups is 2. The van der Waals surface area contributed by atoms with Crippen LogP contribution in [0.3, 0.4) is 0 Å². The Morgan fingerprint density at radius 2 is 1.92 bits per heavy atom. The molecule has 1 heterocycles. The van der Waals surface area contributed by atoms with Crippen LogP contribution in [0.15, 0.2) is 33.7 Å². The van der Waals surface area contributed by atoms with Crippen molar-refractivity contribution in [3.05, 3.63) is 46.3 Å². The lowest BCUT2D eigenvalue weighted by Crippen LogP contribution is -2.42. The highest BCUT2D eigenvalue weighted by Gasteiger charge is 2.22. The molecule has 0 saturated heterocycles. The molecular weight excluding hydrogens is 350 g/mol. The first-order valence-corrected chi connectivity index (χ1v) is 8.68. The molecule has 6 nitrogen and oxygen atoms in total. The number of hydrogen-bond donors (Lipinski definition) is 2. The second-order valence-corrected chi connectivity index (χ2v) is 6.89. The summed E-state index contributed by atoms with van der Waals surface area (Å²) >= 11 is 7.15. The number of hydrazine groups is 1. The van der Waals surface area contributed by atoms with Crippen molar-refractivity contribution < 1.29 is 14.1 Å². The quantitative estimate of drug-likeness (QED) is 0.625. The van der Waals surface area contributed by atoms with E-state index in [4.69, 9.17) is 16.1 Å². The fraction of sp³-hybridized carbons (Fsp3) is 0.312. The summed E-state index contributed by atoms with van der Waals surface area (Å²) < 4.78 is 5.16. The average Bonchev–Trinajstić information content (AvgIpc) is 2.94. The summed E-state index contributed by atoms with van der Waals surface area (Å²) in [7, 11) is 0. The van der Waals surface area contributed by atoms with Crippen LogP contribution < -0.4 is 10.9 Å². The molecule has 0 aliphatic heterocycles. The minimum absolute atomic E-state index is 0.0168.